The number of ether oxygens (including phenoxy) is 2. The molecule has 31 heavy (non-hydrogen) atoms. The highest BCUT2D eigenvalue weighted by atomic mass is 32.2. The fraction of sp³-hybridized carbons (Fsp3) is 0.850. The largest absolute Gasteiger partial charge is 0.425 e. The number of carbonyl (C=O) groups excluding carboxylic acids is 3. The number of rotatable bonds is 12. The first kappa shape index (κ1) is 27.3. The normalized spacial score (nSPS) is 17.5. The van der Waals surface area contributed by atoms with Gasteiger partial charge in [0.15, 0.2) is 6.10 Å². The minimum absolute atomic E-state index is 0.164. The van der Waals surface area contributed by atoms with E-state index in [0.29, 0.717) is 0 Å². The topological polar surface area (TPSA) is 145 Å². The molecule has 10 nitrogen and oxygen atoms in total. The third kappa shape index (κ3) is 10.4. The van der Waals surface area contributed by atoms with Crippen molar-refractivity contribution < 1.29 is 41.6 Å². The molecule has 1 amide bonds. The quantitative estimate of drug-likeness (QED) is 0.188. The first-order valence-electron chi connectivity index (χ1n) is 10.5. The molecule has 1 unspecified atom stereocenters. The van der Waals surface area contributed by atoms with Gasteiger partial charge in [-0.2, -0.15) is 8.42 Å². The Hall–Kier alpha value is -1.72. The molecule has 0 radical (unpaired) electrons. The van der Waals surface area contributed by atoms with Crippen LogP contribution in [0.15, 0.2) is 0 Å². The van der Waals surface area contributed by atoms with Crippen molar-refractivity contribution in [2.24, 2.45) is 11.3 Å². The fourth-order valence-corrected chi connectivity index (χ4v) is 4.16. The molecule has 1 rings (SSSR count). The third-order valence-corrected chi connectivity index (χ3v) is 6.29. The van der Waals surface area contributed by atoms with E-state index in [4.69, 9.17) is 13.7 Å². The Morgan fingerprint density at radius 2 is 1.74 bits per heavy atom. The van der Waals surface area contributed by atoms with E-state index in [0.717, 1.165) is 32.1 Å². The van der Waals surface area contributed by atoms with E-state index >= 15 is 0 Å². The molecule has 0 saturated heterocycles. The van der Waals surface area contributed by atoms with Gasteiger partial charge in [-0.3, -0.25) is 13.8 Å². The van der Waals surface area contributed by atoms with E-state index in [9.17, 15) is 27.9 Å². The van der Waals surface area contributed by atoms with Crippen molar-refractivity contribution in [2.45, 2.75) is 78.6 Å². The zero-order valence-corrected chi connectivity index (χ0v) is 19.5. The van der Waals surface area contributed by atoms with Crippen LogP contribution in [0.3, 0.4) is 0 Å². The van der Waals surface area contributed by atoms with Gasteiger partial charge in [0.2, 0.25) is 12.2 Å². The first-order valence-corrected chi connectivity index (χ1v) is 12.1. The number of aliphatic hydroxyl groups is 1. The monoisotopic (exact) mass is 465 g/mol. The molecule has 0 spiro atoms. The van der Waals surface area contributed by atoms with Crippen molar-refractivity contribution in [3.05, 3.63) is 0 Å². The van der Waals surface area contributed by atoms with Gasteiger partial charge in [-0.15, -0.1) is 0 Å². The summed E-state index contributed by atoms with van der Waals surface area (Å²) in [5, 5.41) is 12.8. The van der Waals surface area contributed by atoms with Crippen LogP contribution in [0.1, 0.15) is 66.2 Å². The zero-order valence-electron chi connectivity index (χ0n) is 18.7. The van der Waals surface area contributed by atoms with E-state index < -0.39 is 46.5 Å². The molecule has 1 aliphatic rings. The SMILES string of the molecule is CC(=O)NCCCS(=O)(=O)OCC(C)(C)[C@@H](O)C(=O)OC(C)OC(=O)C1CCCCC1. The van der Waals surface area contributed by atoms with Crippen LogP contribution >= 0.6 is 0 Å². The lowest BCUT2D eigenvalue weighted by atomic mass is 9.88. The van der Waals surface area contributed by atoms with Crippen LogP contribution in [0.5, 0.6) is 0 Å². The van der Waals surface area contributed by atoms with Crippen molar-refractivity contribution in [3.63, 3.8) is 0 Å². The van der Waals surface area contributed by atoms with Crippen LogP contribution in [-0.4, -0.2) is 62.7 Å². The number of carbonyl (C=O) groups is 3. The summed E-state index contributed by atoms with van der Waals surface area (Å²) in [7, 11) is -3.91. The van der Waals surface area contributed by atoms with Crippen LogP contribution in [-0.2, 0) is 38.2 Å². The first-order chi connectivity index (χ1) is 14.3. The summed E-state index contributed by atoms with van der Waals surface area (Å²) in [6.45, 7) is 5.34. The minimum atomic E-state index is -3.91. The van der Waals surface area contributed by atoms with Gasteiger partial charge in [-0.1, -0.05) is 33.1 Å². The van der Waals surface area contributed by atoms with Crippen molar-refractivity contribution in [1.82, 2.24) is 5.32 Å². The van der Waals surface area contributed by atoms with Crippen molar-refractivity contribution >= 4 is 28.0 Å². The molecule has 2 N–H and O–H groups in total. The summed E-state index contributed by atoms with van der Waals surface area (Å²) in [6.07, 6.45) is 1.77. The molecule has 0 aromatic heterocycles. The fourth-order valence-electron chi connectivity index (χ4n) is 3.06. The summed E-state index contributed by atoms with van der Waals surface area (Å²) >= 11 is 0. The zero-order chi connectivity index (χ0) is 23.7. The Kier molecular flexibility index (Phi) is 10.9. The van der Waals surface area contributed by atoms with Crippen LogP contribution in [0.4, 0.5) is 0 Å². The molecule has 180 valence electrons. The maximum Gasteiger partial charge on any atom is 0.338 e. The Balaban J connectivity index is 2.47. The molecule has 2 atom stereocenters. The smallest absolute Gasteiger partial charge is 0.338 e. The number of esters is 2. The second kappa shape index (κ2) is 12.4. The maximum absolute atomic E-state index is 12.2. The number of hydrogen-bond donors (Lipinski definition) is 2. The number of nitrogens with one attached hydrogen (secondary N) is 1. The Bertz CT molecular complexity index is 714. The van der Waals surface area contributed by atoms with E-state index in [2.05, 4.69) is 5.32 Å². The summed E-state index contributed by atoms with van der Waals surface area (Å²) in [5.74, 6) is -2.26. The van der Waals surface area contributed by atoms with E-state index in [1.54, 1.807) is 0 Å². The van der Waals surface area contributed by atoms with Gasteiger partial charge >= 0.3 is 11.9 Å². The van der Waals surface area contributed by atoms with E-state index in [1.807, 2.05) is 0 Å². The Morgan fingerprint density at radius 3 is 2.32 bits per heavy atom. The van der Waals surface area contributed by atoms with Crippen LogP contribution in [0, 0.1) is 11.3 Å². The molecule has 0 aromatic carbocycles. The van der Waals surface area contributed by atoms with Gasteiger partial charge < -0.3 is 19.9 Å². The van der Waals surface area contributed by atoms with E-state index in [1.165, 1.54) is 27.7 Å². The molecule has 0 aliphatic heterocycles. The van der Waals surface area contributed by atoms with Gasteiger partial charge in [0.25, 0.3) is 10.1 Å². The summed E-state index contributed by atoms with van der Waals surface area (Å²) in [4.78, 5) is 35.2. The molecule has 0 aromatic rings. The van der Waals surface area contributed by atoms with E-state index in [-0.39, 0.29) is 30.5 Å². The summed E-state index contributed by atoms with van der Waals surface area (Å²) < 4.78 is 39.1. The van der Waals surface area contributed by atoms with Crippen molar-refractivity contribution in [2.75, 3.05) is 18.9 Å². The molecule has 11 heteroatoms. The molecule has 1 fully saturated rings. The number of aliphatic hydroxyl groups excluding tert-OH is 1. The van der Waals surface area contributed by atoms with Crippen LogP contribution < -0.4 is 5.32 Å². The van der Waals surface area contributed by atoms with Gasteiger partial charge in [-0.25, -0.2) is 4.79 Å². The average molecular weight is 466 g/mol. The molecular formula is C20H35NO9S. The molecule has 0 heterocycles. The average Bonchev–Trinajstić information content (AvgIpc) is 2.69. The maximum atomic E-state index is 12.2. The second-order valence-electron chi connectivity index (χ2n) is 8.53. The van der Waals surface area contributed by atoms with Gasteiger partial charge in [0.05, 0.1) is 18.3 Å². The molecular weight excluding hydrogens is 430 g/mol. The lowest BCUT2D eigenvalue weighted by Gasteiger charge is -2.29. The highest BCUT2D eigenvalue weighted by Gasteiger charge is 2.38. The molecule has 1 aliphatic carbocycles. The molecule has 1 saturated carbocycles. The predicted molar refractivity (Wildman–Crippen MR) is 111 cm³/mol. The predicted octanol–water partition coefficient (Wildman–Crippen LogP) is 1.26. The minimum Gasteiger partial charge on any atom is -0.425 e. The van der Waals surface area contributed by atoms with Crippen LogP contribution in [0.2, 0.25) is 0 Å². The van der Waals surface area contributed by atoms with Crippen molar-refractivity contribution in [1.29, 1.82) is 0 Å². The molecule has 0 bridgehead atoms. The highest BCUT2D eigenvalue weighted by Crippen LogP contribution is 2.26. The third-order valence-electron chi connectivity index (χ3n) is 5.02. The van der Waals surface area contributed by atoms with Gasteiger partial charge in [-0.05, 0) is 19.3 Å². The summed E-state index contributed by atoms with van der Waals surface area (Å²) in [5.41, 5.74) is -1.28. The lowest BCUT2D eigenvalue weighted by Crippen LogP contribution is -2.43. The second-order valence-corrected chi connectivity index (χ2v) is 10.3. The van der Waals surface area contributed by atoms with Crippen LogP contribution in [0.25, 0.3) is 0 Å². The summed E-state index contributed by atoms with van der Waals surface area (Å²) in [6, 6.07) is 0. The standard InChI is InChI=1S/C20H35NO9S/c1-14(22)21-11-8-12-31(26,27)28-13-20(3,4)17(23)19(25)30-15(2)29-18(24)16-9-6-5-7-10-16/h15-17,23H,5-13H2,1-4H3,(H,21,22)/t15?,17-/m0/s1. The van der Waals surface area contributed by atoms with Gasteiger partial charge in [0.1, 0.15) is 0 Å². The van der Waals surface area contributed by atoms with Gasteiger partial charge in [0, 0.05) is 25.8 Å². The number of hydrogen-bond acceptors (Lipinski definition) is 9. The number of amides is 1. The Labute approximate surface area is 184 Å². The Morgan fingerprint density at radius 1 is 1.13 bits per heavy atom. The highest BCUT2D eigenvalue weighted by molar-refractivity contribution is 7.86. The lowest BCUT2D eigenvalue weighted by molar-refractivity contribution is -0.197. The van der Waals surface area contributed by atoms with Crippen molar-refractivity contribution in [3.8, 4) is 0 Å².